The molecule has 1 aromatic carbocycles. The zero-order chi connectivity index (χ0) is 14.5. The van der Waals surface area contributed by atoms with Gasteiger partial charge in [-0.05, 0) is 30.7 Å². The summed E-state index contributed by atoms with van der Waals surface area (Å²) in [7, 11) is -1.74. The van der Waals surface area contributed by atoms with Gasteiger partial charge in [0.15, 0.2) is 0 Å². The zero-order valence-corrected chi connectivity index (χ0v) is 13.1. The normalized spacial score (nSPS) is 13.5. The van der Waals surface area contributed by atoms with E-state index < -0.39 is 10.0 Å². The van der Waals surface area contributed by atoms with Crippen molar-refractivity contribution < 1.29 is 8.42 Å². The van der Waals surface area contributed by atoms with Crippen LogP contribution in [0.15, 0.2) is 23.1 Å². The van der Waals surface area contributed by atoms with E-state index in [1.807, 2.05) is 27.0 Å². The predicted molar refractivity (Wildman–Crippen MR) is 78.9 cm³/mol. The maximum Gasteiger partial charge on any atom is 0.242 e. The minimum absolute atomic E-state index is 0.144. The van der Waals surface area contributed by atoms with Crippen molar-refractivity contribution in [3.63, 3.8) is 0 Å². The van der Waals surface area contributed by atoms with Gasteiger partial charge >= 0.3 is 0 Å². The molecule has 0 fully saturated rings. The van der Waals surface area contributed by atoms with Crippen LogP contribution in [0, 0.1) is 5.92 Å². The molecule has 0 aliphatic carbocycles. The van der Waals surface area contributed by atoms with E-state index in [1.54, 1.807) is 12.1 Å². The number of sulfonamides is 1. The Morgan fingerprint density at radius 1 is 1.37 bits per heavy atom. The number of halogens is 1. The lowest BCUT2D eigenvalue weighted by Gasteiger charge is -2.13. The molecule has 1 unspecified atom stereocenters. The Hall–Kier alpha value is -0.620. The van der Waals surface area contributed by atoms with Gasteiger partial charge in [0, 0.05) is 13.1 Å². The molecule has 6 heteroatoms. The highest BCUT2D eigenvalue weighted by Crippen LogP contribution is 2.22. The molecule has 0 aliphatic heterocycles. The van der Waals surface area contributed by atoms with Crippen LogP contribution in [0.4, 0.5) is 0 Å². The first-order chi connectivity index (χ1) is 8.90. The quantitative estimate of drug-likeness (QED) is 0.813. The van der Waals surface area contributed by atoms with Crippen LogP contribution in [0.2, 0.25) is 5.02 Å². The molecule has 0 aromatic heterocycles. The van der Waals surface area contributed by atoms with Gasteiger partial charge in [0.1, 0.15) is 4.90 Å². The summed E-state index contributed by atoms with van der Waals surface area (Å²) >= 11 is 5.99. The monoisotopic (exact) mass is 304 g/mol. The van der Waals surface area contributed by atoms with Crippen LogP contribution in [0.25, 0.3) is 0 Å². The van der Waals surface area contributed by atoms with Gasteiger partial charge in [-0.2, -0.15) is 0 Å². The molecular weight excluding hydrogens is 284 g/mol. The van der Waals surface area contributed by atoms with Crippen LogP contribution in [0.5, 0.6) is 0 Å². The minimum Gasteiger partial charge on any atom is -0.316 e. The highest BCUT2D eigenvalue weighted by atomic mass is 35.5. The molecule has 1 rings (SSSR count). The van der Waals surface area contributed by atoms with Crippen LogP contribution >= 0.6 is 11.6 Å². The second-order valence-electron chi connectivity index (χ2n) is 4.66. The van der Waals surface area contributed by atoms with Crippen molar-refractivity contribution in [2.24, 2.45) is 5.92 Å². The molecule has 1 aromatic rings. The molecule has 1 atom stereocenters. The van der Waals surface area contributed by atoms with E-state index in [9.17, 15) is 8.42 Å². The molecule has 0 saturated heterocycles. The Morgan fingerprint density at radius 2 is 2.05 bits per heavy atom. The molecule has 0 radical (unpaired) electrons. The second kappa shape index (κ2) is 7.24. The average Bonchev–Trinajstić information content (AvgIpc) is 2.38. The Balaban J connectivity index is 2.96. The molecule has 0 amide bonds. The van der Waals surface area contributed by atoms with Crippen LogP contribution < -0.4 is 10.0 Å². The second-order valence-corrected chi connectivity index (χ2v) is 6.80. The molecule has 0 saturated carbocycles. The van der Waals surface area contributed by atoms with Gasteiger partial charge in [-0.3, -0.25) is 0 Å². The van der Waals surface area contributed by atoms with Crippen molar-refractivity contribution in [3.8, 4) is 0 Å². The first kappa shape index (κ1) is 16.4. The van der Waals surface area contributed by atoms with E-state index in [0.717, 1.165) is 12.0 Å². The molecule has 19 heavy (non-hydrogen) atoms. The van der Waals surface area contributed by atoms with Crippen molar-refractivity contribution in [2.45, 2.75) is 31.7 Å². The maximum atomic E-state index is 12.2. The van der Waals surface area contributed by atoms with E-state index in [2.05, 4.69) is 10.0 Å². The lowest BCUT2D eigenvalue weighted by molar-refractivity contribution is 0.528. The number of hydrogen-bond donors (Lipinski definition) is 2. The standard InChI is InChI=1S/C13H21ClN2O2S/c1-4-10(2)8-16-19(17,18)13-7-11(9-15-3)5-6-12(13)14/h5-7,10,15-16H,4,8-9H2,1-3H3. The van der Waals surface area contributed by atoms with Gasteiger partial charge in [0.05, 0.1) is 5.02 Å². The van der Waals surface area contributed by atoms with E-state index in [4.69, 9.17) is 11.6 Å². The van der Waals surface area contributed by atoms with Gasteiger partial charge in [-0.15, -0.1) is 0 Å². The topological polar surface area (TPSA) is 58.2 Å². The summed E-state index contributed by atoms with van der Waals surface area (Å²) in [6.45, 7) is 5.05. The van der Waals surface area contributed by atoms with Crippen LogP contribution in [-0.4, -0.2) is 22.0 Å². The van der Waals surface area contributed by atoms with Crippen LogP contribution in [-0.2, 0) is 16.6 Å². The van der Waals surface area contributed by atoms with Crippen molar-refractivity contribution in [2.75, 3.05) is 13.6 Å². The summed E-state index contributed by atoms with van der Waals surface area (Å²) in [5.74, 6) is 0.300. The zero-order valence-electron chi connectivity index (χ0n) is 11.5. The third kappa shape index (κ3) is 4.76. The SMILES string of the molecule is CCC(C)CNS(=O)(=O)c1cc(CNC)ccc1Cl. The Labute approximate surface area is 120 Å². The number of rotatable bonds is 7. The van der Waals surface area contributed by atoms with Gasteiger partial charge < -0.3 is 5.32 Å². The molecule has 0 spiro atoms. The molecule has 0 aliphatic rings. The lowest BCUT2D eigenvalue weighted by atomic mass is 10.1. The number of nitrogens with one attached hydrogen (secondary N) is 2. The molecule has 108 valence electrons. The third-order valence-corrected chi connectivity index (χ3v) is 4.89. The van der Waals surface area contributed by atoms with Crippen LogP contribution in [0.3, 0.4) is 0 Å². The summed E-state index contributed by atoms with van der Waals surface area (Å²) in [6.07, 6.45) is 0.927. The summed E-state index contributed by atoms with van der Waals surface area (Å²) in [4.78, 5) is 0.144. The molecule has 2 N–H and O–H groups in total. The van der Waals surface area contributed by atoms with Gasteiger partial charge in [0.25, 0.3) is 0 Å². The molecule has 0 heterocycles. The number of hydrogen-bond acceptors (Lipinski definition) is 3. The third-order valence-electron chi connectivity index (χ3n) is 2.98. The Bertz CT molecular complexity index is 517. The van der Waals surface area contributed by atoms with Gasteiger partial charge in [0.2, 0.25) is 10.0 Å². The molecule has 4 nitrogen and oxygen atoms in total. The largest absolute Gasteiger partial charge is 0.316 e. The van der Waals surface area contributed by atoms with E-state index in [-0.39, 0.29) is 9.92 Å². The van der Waals surface area contributed by atoms with Crippen LogP contribution in [0.1, 0.15) is 25.8 Å². The summed E-state index contributed by atoms with van der Waals surface area (Å²) in [5.41, 5.74) is 0.885. The fraction of sp³-hybridized carbons (Fsp3) is 0.538. The minimum atomic E-state index is -3.55. The van der Waals surface area contributed by atoms with Crippen molar-refractivity contribution in [1.29, 1.82) is 0 Å². The smallest absolute Gasteiger partial charge is 0.242 e. The summed E-state index contributed by atoms with van der Waals surface area (Å²) in [6, 6.07) is 5.04. The highest BCUT2D eigenvalue weighted by Gasteiger charge is 2.18. The van der Waals surface area contributed by atoms with Gasteiger partial charge in [-0.25, -0.2) is 13.1 Å². The van der Waals surface area contributed by atoms with E-state index in [1.165, 1.54) is 0 Å². The van der Waals surface area contributed by atoms with E-state index in [0.29, 0.717) is 19.0 Å². The van der Waals surface area contributed by atoms with E-state index >= 15 is 0 Å². The van der Waals surface area contributed by atoms with Gasteiger partial charge in [-0.1, -0.05) is 37.9 Å². The summed E-state index contributed by atoms with van der Waals surface area (Å²) < 4.78 is 27.0. The van der Waals surface area contributed by atoms with Crippen molar-refractivity contribution >= 4 is 21.6 Å². The fourth-order valence-electron chi connectivity index (χ4n) is 1.54. The summed E-state index contributed by atoms with van der Waals surface area (Å²) in [5, 5.41) is 3.23. The Morgan fingerprint density at radius 3 is 2.63 bits per heavy atom. The fourth-order valence-corrected chi connectivity index (χ4v) is 3.25. The average molecular weight is 305 g/mol. The molecule has 0 bridgehead atoms. The maximum absolute atomic E-state index is 12.2. The predicted octanol–water partition coefficient (Wildman–Crippen LogP) is 2.38. The van der Waals surface area contributed by atoms with Crippen molar-refractivity contribution in [1.82, 2.24) is 10.0 Å². The Kier molecular flexibility index (Phi) is 6.26. The lowest BCUT2D eigenvalue weighted by Crippen LogP contribution is -2.28. The number of benzene rings is 1. The first-order valence-electron chi connectivity index (χ1n) is 6.33. The molecular formula is C13H21ClN2O2S. The first-order valence-corrected chi connectivity index (χ1v) is 8.19. The van der Waals surface area contributed by atoms with Crippen molar-refractivity contribution in [3.05, 3.63) is 28.8 Å². The highest BCUT2D eigenvalue weighted by molar-refractivity contribution is 7.89.